The van der Waals surface area contributed by atoms with Crippen LogP contribution in [0, 0.1) is 11.7 Å². The fraction of sp³-hybridized carbons (Fsp3) is 0.536. The molecule has 9 heteroatoms. The lowest BCUT2D eigenvalue weighted by Crippen LogP contribution is -2.56. The molecule has 0 radical (unpaired) electrons. The number of piperazine rings is 1. The molecule has 1 aliphatic carbocycles. The molecule has 1 unspecified atom stereocenters. The number of carbonyl (C=O) groups is 1. The summed E-state index contributed by atoms with van der Waals surface area (Å²) in [5, 5.41) is -0.196. The van der Waals surface area contributed by atoms with Gasteiger partial charge in [0.25, 0.3) is 0 Å². The van der Waals surface area contributed by atoms with Crippen LogP contribution in [0.5, 0.6) is 0 Å². The van der Waals surface area contributed by atoms with Crippen LogP contribution in [0.25, 0.3) is 0 Å². The van der Waals surface area contributed by atoms with Crippen molar-refractivity contribution in [2.45, 2.75) is 56.5 Å². The predicted molar refractivity (Wildman–Crippen MR) is 140 cm³/mol. The van der Waals surface area contributed by atoms with Gasteiger partial charge in [0.2, 0.25) is 10.0 Å². The van der Waals surface area contributed by atoms with E-state index in [1.807, 2.05) is 36.4 Å². The zero-order chi connectivity index (χ0) is 26.0. The first-order chi connectivity index (χ1) is 17.8. The summed E-state index contributed by atoms with van der Waals surface area (Å²) in [7, 11) is -3.19. The zero-order valence-corrected chi connectivity index (χ0v) is 22.2. The van der Waals surface area contributed by atoms with Gasteiger partial charge in [0.15, 0.2) is 0 Å². The van der Waals surface area contributed by atoms with E-state index in [1.54, 1.807) is 21.3 Å². The molecule has 0 spiro atoms. The standard InChI is InChI=1S/C28H36FN3O4S/c1-21-19-30(28(33)36-20-22-6-3-2-4-7-22)16-17-32(21)27(24-8-5-9-25(29)18-24)23-12-14-31(15-13-23)37(34,35)26-10-11-26/h2-9,18,21,23,26-27H,10-17,19-20H2,1H3/t21?,27-/m1/s1. The molecule has 1 amide bonds. The normalized spacial score (nSPS) is 23.1. The fourth-order valence-corrected chi connectivity index (χ4v) is 7.68. The van der Waals surface area contributed by atoms with Gasteiger partial charge in [0.05, 0.1) is 5.25 Å². The summed E-state index contributed by atoms with van der Waals surface area (Å²) in [6.45, 7) is 5.04. The summed E-state index contributed by atoms with van der Waals surface area (Å²) in [6.07, 6.45) is 2.68. The Morgan fingerprint density at radius 3 is 2.38 bits per heavy atom. The second-order valence-corrected chi connectivity index (χ2v) is 12.8. The highest BCUT2D eigenvalue weighted by molar-refractivity contribution is 7.90. The van der Waals surface area contributed by atoms with Gasteiger partial charge >= 0.3 is 6.09 Å². The number of hydrogen-bond acceptors (Lipinski definition) is 5. The summed E-state index contributed by atoms with van der Waals surface area (Å²) in [4.78, 5) is 16.9. The first kappa shape index (κ1) is 26.1. The summed E-state index contributed by atoms with van der Waals surface area (Å²) < 4.78 is 47.0. The molecule has 2 heterocycles. The third-order valence-corrected chi connectivity index (χ3v) is 10.3. The number of sulfonamides is 1. The number of ether oxygens (including phenoxy) is 1. The molecule has 2 aromatic carbocycles. The second-order valence-electron chi connectivity index (χ2n) is 10.6. The minimum Gasteiger partial charge on any atom is -0.445 e. The van der Waals surface area contributed by atoms with E-state index in [-0.39, 0.29) is 41.8 Å². The van der Waals surface area contributed by atoms with Crippen LogP contribution in [0.2, 0.25) is 0 Å². The molecular formula is C28H36FN3O4S. The van der Waals surface area contributed by atoms with Crippen LogP contribution in [-0.2, 0) is 21.4 Å². The largest absolute Gasteiger partial charge is 0.445 e. The van der Waals surface area contributed by atoms with Crippen LogP contribution in [0.1, 0.15) is 49.8 Å². The Labute approximate surface area is 219 Å². The van der Waals surface area contributed by atoms with Crippen LogP contribution in [0.15, 0.2) is 54.6 Å². The van der Waals surface area contributed by atoms with Gasteiger partial charge in [-0.25, -0.2) is 21.9 Å². The molecule has 7 nitrogen and oxygen atoms in total. The number of carbonyl (C=O) groups excluding carboxylic acids is 1. The predicted octanol–water partition coefficient (Wildman–Crippen LogP) is 4.41. The highest BCUT2D eigenvalue weighted by Gasteiger charge is 2.43. The van der Waals surface area contributed by atoms with E-state index < -0.39 is 10.0 Å². The van der Waals surface area contributed by atoms with Crippen molar-refractivity contribution in [1.82, 2.24) is 14.1 Å². The van der Waals surface area contributed by atoms with Crippen molar-refractivity contribution < 1.29 is 22.3 Å². The lowest BCUT2D eigenvalue weighted by atomic mass is 9.83. The molecule has 2 saturated heterocycles. The third-order valence-electron chi connectivity index (χ3n) is 7.94. The van der Waals surface area contributed by atoms with Crippen LogP contribution in [-0.4, -0.2) is 72.6 Å². The highest BCUT2D eigenvalue weighted by Crippen LogP contribution is 2.40. The first-order valence-corrected chi connectivity index (χ1v) is 14.8. The summed E-state index contributed by atoms with van der Waals surface area (Å²) >= 11 is 0. The van der Waals surface area contributed by atoms with Crippen molar-refractivity contribution in [1.29, 1.82) is 0 Å². The maximum atomic E-state index is 14.3. The molecule has 2 atom stereocenters. The van der Waals surface area contributed by atoms with Gasteiger partial charge in [0, 0.05) is 44.8 Å². The maximum absolute atomic E-state index is 14.3. The molecule has 2 aliphatic heterocycles. The van der Waals surface area contributed by atoms with Crippen molar-refractivity contribution in [2.75, 3.05) is 32.7 Å². The van der Waals surface area contributed by atoms with Gasteiger partial charge in [-0.3, -0.25) is 4.90 Å². The van der Waals surface area contributed by atoms with E-state index in [9.17, 15) is 17.6 Å². The second kappa shape index (κ2) is 11.1. The van der Waals surface area contributed by atoms with Crippen molar-refractivity contribution >= 4 is 16.1 Å². The molecule has 5 rings (SSSR count). The number of piperidine rings is 1. The fourth-order valence-electron chi connectivity index (χ4n) is 5.81. The van der Waals surface area contributed by atoms with Gasteiger partial charge < -0.3 is 9.64 Å². The number of halogens is 1. The van der Waals surface area contributed by atoms with Crippen LogP contribution < -0.4 is 0 Å². The van der Waals surface area contributed by atoms with E-state index in [1.165, 1.54) is 6.07 Å². The topological polar surface area (TPSA) is 70.2 Å². The molecule has 3 fully saturated rings. The zero-order valence-electron chi connectivity index (χ0n) is 21.3. The quantitative estimate of drug-likeness (QED) is 0.531. The van der Waals surface area contributed by atoms with Crippen molar-refractivity contribution in [3.8, 4) is 0 Å². The summed E-state index contributed by atoms with van der Waals surface area (Å²) in [5.74, 6) is -0.0708. The Bertz CT molecular complexity index is 1180. The Kier molecular flexibility index (Phi) is 7.83. The summed E-state index contributed by atoms with van der Waals surface area (Å²) in [5.41, 5.74) is 1.86. The SMILES string of the molecule is CC1CN(C(=O)OCc2ccccc2)CCN1[C@@H](c1cccc(F)c1)C1CCN(S(=O)(=O)C2CC2)CC1. The van der Waals surface area contributed by atoms with Crippen molar-refractivity contribution in [3.05, 3.63) is 71.5 Å². The average molecular weight is 530 g/mol. The minimum absolute atomic E-state index is 0.0412. The van der Waals surface area contributed by atoms with E-state index in [2.05, 4.69) is 11.8 Å². The van der Waals surface area contributed by atoms with Crippen molar-refractivity contribution in [2.24, 2.45) is 5.92 Å². The Hall–Kier alpha value is -2.49. The third kappa shape index (κ3) is 5.99. The maximum Gasteiger partial charge on any atom is 0.410 e. The average Bonchev–Trinajstić information content (AvgIpc) is 3.76. The molecule has 1 saturated carbocycles. The Morgan fingerprint density at radius 1 is 1.00 bits per heavy atom. The number of benzene rings is 2. The van der Waals surface area contributed by atoms with Gasteiger partial charge in [0.1, 0.15) is 12.4 Å². The van der Waals surface area contributed by atoms with Gasteiger partial charge in [-0.1, -0.05) is 42.5 Å². The first-order valence-electron chi connectivity index (χ1n) is 13.3. The highest BCUT2D eigenvalue weighted by atomic mass is 32.2. The Morgan fingerprint density at radius 2 is 1.73 bits per heavy atom. The van der Waals surface area contributed by atoms with E-state index in [0.29, 0.717) is 32.7 Å². The molecule has 0 N–H and O–H groups in total. The van der Waals surface area contributed by atoms with Crippen LogP contribution in [0.3, 0.4) is 0 Å². The molecule has 2 aromatic rings. The number of amides is 1. The van der Waals surface area contributed by atoms with Gasteiger partial charge in [-0.05, 0) is 61.8 Å². The Balaban J connectivity index is 1.26. The van der Waals surface area contributed by atoms with E-state index >= 15 is 0 Å². The van der Waals surface area contributed by atoms with Gasteiger partial charge in [-0.15, -0.1) is 0 Å². The van der Waals surface area contributed by atoms with Crippen molar-refractivity contribution in [3.63, 3.8) is 0 Å². The monoisotopic (exact) mass is 529 g/mol. The van der Waals surface area contributed by atoms with E-state index in [4.69, 9.17) is 4.74 Å². The smallest absolute Gasteiger partial charge is 0.410 e. The molecule has 0 bridgehead atoms. The lowest BCUT2D eigenvalue weighted by molar-refractivity contribution is 0.00944. The minimum atomic E-state index is -3.19. The molecule has 3 aliphatic rings. The number of hydrogen-bond donors (Lipinski definition) is 0. The lowest BCUT2D eigenvalue weighted by Gasteiger charge is -2.47. The van der Waals surface area contributed by atoms with Crippen LogP contribution in [0.4, 0.5) is 9.18 Å². The molecular weight excluding hydrogens is 493 g/mol. The van der Waals surface area contributed by atoms with Crippen LogP contribution >= 0.6 is 0 Å². The number of rotatable bonds is 7. The van der Waals surface area contributed by atoms with Gasteiger partial charge in [-0.2, -0.15) is 0 Å². The molecule has 200 valence electrons. The van der Waals surface area contributed by atoms with E-state index in [0.717, 1.165) is 36.8 Å². The number of nitrogens with zero attached hydrogens (tertiary/aromatic N) is 3. The molecule has 37 heavy (non-hydrogen) atoms. The summed E-state index contributed by atoms with van der Waals surface area (Å²) in [6, 6.07) is 16.4. The molecule has 0 aromatic heterocycles.